The molecule has 35 heavy (non-hydrogen) atoms. The Hall–Kier alpha value is -2.61. The summed E-state index contributed by atoms with van der Waals surface area (Å²) in [6.45, 7) is 14.6. The zero-order valence-electron chi connectivity index (χ0n) is 22.7. The molecular weight excluding hydrogens is 446 g/mol. The number of hydrogen-bond acceptors (Lipinski definition) is 5. The van der Waals surface area contributed by atoms with Crippen molar-refractivity contribution in [3.05, 3.63) is 35.4 Å². The number of alkyl carbamates (subject to hydrolysis) is 1. The van der Waals surface area contributed by atoms with E-state index in [9.17, 15) is 19.5 Å². The van der Waals surface area contributed by atoms with E-state index in [0.29, 0.717) is 12.0 Å². The summed E-state index contributed by atoms with van der Waals surface area (Å²) in [5, 5.41) is 15.6. The van der Waals surface area contributed by atoms with Gasteiger partial charge in [-0.15, -0.1) is 0 Å². The summed E-state index contributed by atoms with van der Waals surface area (Å²) >= 11 is 0. The van der Waals surface area contributed by atoms with Gasteiger partial charge in [-0.3, -0.25) is 9.59 Å². The lowest BCUT2D eigenvalue weighted by Gasteiger charge is -2.35. The van der Waals surface area contributed by atoms with Crippen LogP contribution in [0.4, 0.5) is 4.79 Å². The number of rotatable bonds is 12. The highest BCUT2D eigenvalue weighted by Gasteiger charge is 2.37. The fraction of sp³-hybridized carbons (Fsp3) is 0.667. The van der Waals surface area contributed by atoms with Crippen LogP contribution in [0.2, 0.25) is 0 Å². The fourth-order valence-corrected chi connectivity index (χ4v) is 3.99. The van der Waals surface area contributed by atoms with Crippen molar-refractivity contribution in [3.8, 4) is 0 Å². The van der Waals surface area contributed by atoms with Gasteiger partial charge in [-0.25, -0.2) is 4.79 Å². The maximum absolute atomic E-state index is 13.9. The molecule has 0 aliphatic rings. The number of aryl methyl sites for hydroxylation is 1. The molecule has 0 aliphatic heterocycles. The second kappa shape index (κ2) is 14.1. The molecule has 198 valence electrons. The van der Waals surface area contributed by atoms with Crippen LogP contribution in [0.15, 0.2) is 24.3 Å². The number of hydrogen-bond donors (Lipinski definition) is 3. The third kappa shape index (κ3) is 10.3. The summed E-state index contributed by atoms with van der Waals surface area (Å²) in [5.74, 6) is -0.669. The molecule has 0 saturated heterocycles. The Morgan fingerprint density at radius 1 is 1.09 bits per heavy atom. The number of ether oxygens (including phenoxy) is 1. The van der Waals surface area contributed by atoms with E-state index in [-0.39, 0.29) is 31.0 Å². The summed E-state index contributed by atoms with van der Waals surface area (Å²) in [5.41, 5.74) is 0.808. The summed E-state index contributed by atoms with van der Waals surface area (Å²) < 4.78 is 5.38. The van der Waals surface area contributed by atoms with E-state index in [1.165, 1.54) is 4.90 Å². The second-order valence-electron chi connectivity index (χ2n) is 10.5. The first kappa shape index (κ1) is 30.4. The van der Waals surface area contributed by atoms with Crippen molar-refractivity contribution >= 4 is 17.9 Å². The Morgan fingerprint density at radius 3 is 2.23 bits per heavy atom. The molecule has 0 heterocycles. The minimum absolute atomic E-state index is 0.0575. The van der Waals surface area contributed by atoms with E-state index in [4.69, 9.17) is 4.74 Å². The van der Waals surface area contributed by atoms with Crippen molar-refractivity contribution in [2.75, 3.05) is 13.2 Å². The van der Waals surface area contributed by atoms with Crippen LogP contribution in [0.1, 0.15) is 84.9 Å². The van der Waals surface area contributed by atoms with Crippen LogP contribution < -0.4 is 10.6 Å². The first-order valence-corrected chi connectivity index (χ1v) is 12.6. The average molecular weight is 492 g/mol. The van der Waals surface area contributed by atoms with Gasteiger partial charge in [0.05, 0.1) is 6.61 Å². The smallest absolute Gasteiger partial charge is 0.408 e. The molecule has 0 bridgehead atoms. The van der Waals surface area contributed by atoms with E-state index in [2.05, 4.69) is 10.6 Å². The van der Waals surface area contributed by atoms with Gasteiger partial charge in [-0.1, -0.05) is 51.5 Å². The molecule has 3 unspecified atom stereocenters. The molecule has 0 spiro atoms. The number of benzene rings is 1. The molecule has 0 fully saturated rings. The fourth-order valence-electron chi connectivity index (χ4n) is 3.99. The molecular formula is C27H45N3O5. The number of aliphatic hydroxyl groups is 1. The van der Waals surface area contributed by atoms with Gasteiger partial charge in [0.15, 0.2) is 0 Å². The Balaban J connectivity index is 3.44. The normalized spacial score (nSPS) is 14.1. The van der Waals surface area contributed by atoms with E-state index >= 15 is 0 Å². The molecule has 8 nitrogen and oxygen atoms in total. The third-order valence-electron chi connectivity index (χ3n) is 5.47. The molecule has 3 amide bonds. The molecule has 1 aromatic carbocycles. The highest BCUT2D eigenvalue weighted by atomic mass is 16.6. The zero-order valence-corrected chi connectivity index (χ0v) is 22.7. The molecule has 0 aromatic heterocycles. The largest absolute Gasteiger partial charge is 0.444 e. The maximum atomic E-state index is 13.9. The van der Waals surface area contributed by atoms with Crippen LogP contribution in [0.5, 0.6) is 0 Å². The first-order chi connectivity index (χ1) is 16.3. The summed E-state index contributed by atoms with van der Waals surface area (Å²) in [7, 11) is 0. The first-order valence-electron chi connectivity index (χ1n) is 12.6. The topological polar surface area (TPSA) is 108 Å². The van der Waals surface area contributed by atoms with Crippen LogP contribution in [0, 0.1) is 12.8 Å². The highest BCUT2D eigenvalue weighted by Crippen LogP contribution is 2.26. The molecule has 1 rings (SSSR count). The summed E-state index contributed by atoms with van der Waals surface area (Å²) in [6, 6.07) is 5.46. The summed E-state index contributed by atoms with van der Waals surface area (Å²) in [6.07, 6.45) is 1.37. The molecule has 8 heteroatoms. The van der Waals surface area contributed by atoms with Crippen molar-refractivity contribution in [2.45, 2.75) is 98.4 Å². The highest BCUT2D eigenvalue weighted by molar-refractivity contribution is 5.92. The van der Waals surface area contributed by atoms with Crippen LogP contribution in [-0.4, -0.2) is 58.8 Å². The SMILES string of the molecule is CCCC(C)NC(=O)C(c1ccccc1C)N(CCO)C(=O)C(CC(C)C)NC(=O)OC(C)(C)C. The minimum Gasteiger partial charge on any atom is -0.444 e. The van der Waals surface area contributed by atoms with Crippen LogP contribution in [-0.2, 0) is 14.3 Å². The van der Waals surface area contributed by atoms with E-state index in [1.54, 1.807) is 20.8 Å². The van der Waals surface area contributed by atoms with E-state index in [1.807, 2.05) is 58.9 Å². The van der Waals surface area contributed by atoms with Crippen molar-refractivity contribution in [2.24, 2.45) is 5.92 Å². The second-order valence-corrected chi connectivity index (χ2v) is 10.5. The predicted molar refractivity (Wildman–Crippen MR) is 138 cm³/mol. The van der Waals surface area contributed by atoms with Gasteiger partial charge in [-0.2, -0.15) is 0 Å². The van der Waals surface area contributed by atoms with Gasteiger partial charge in [0.1, 0.15) is 17.7 Å². The quantitative estimate of drug-likeness (QED) is 0.408. The van der Waals surface area contributed by atoms with Crippen molar-refractivity contribution < 1.29 is 24.2 Å². The molecule has 0 saturated carbocycles. The molecule has 3 N–H and O–H groups in total. The average Bonchev–Trinajstić information content (AvgIpc) is 2.72. The molecule has 0 aliphatic carbocycles. The monoisotopic (exact) mass is 491 g/mol. The van der Waals surface area contributed by atoms with Gasteiger partial charge in [0.25, 0.3) is 0 Å². The maximum Gasteiger partial charge on any atom is 0.408 e. The zero-order chi connectivity index (χ0) is 26.8. The molecule has 1 aromatic rings. The summed E-state index contributed by atoms with van der Waals surface area (Å²) in [4.78, 5) is 41.4. The van der Waals surface area contributed by atoms with Crippen LogP contribution >= 0.6 is 0 Å². The lowest BCUT2D eigenvalue weighted by atomic mass is 9.96. The molecule has 3 atom stereocenters. The Morgan fingerprint density at radius 2 is 1.71 bits per heavy atom. The minimum atomic E-state index is -0.953. The number of aliphatic hydroxyl groups excluding tert-OH is 1. The van der Waals surface area contributed by atoms with E-state index < -0.39 is 29.7 Å². The van der Waals surface area contributed by atoms with Gasteiger partial charge in [-0.05, 0) is 64.5 Å². The number of amides is 3. The Bertz CT molecular complexity index is 834. The lowest BCUT2D eigenvalue weighted by molar-refractivity contribution is -0.143. The standard InChI is InChI=1S/C27H45N3O5/c1-9-12-20(5)28-24(32)23(21-14-11-10-13-19(21)4)30(15-16-31)25(33)22(17-18(2)3)29-26(34)35-27(6,7)8/h10-11,13-14,18,20,22-23,31H,9,12,15-17H2,1-8H3,(H,28,32)(H,29,34). The van der Waals surface area contributed by atoms with Crippen molar-refractivity contribution in [1.82, 2.24) is 15.5 Å². The van der Waals surface area contributed by atoms with E-state index in [0.717, 1.165) is 18.4 Å². The van der Waals surface area contributed by atoms with Gasteiger partial charge in [0.2, 0.25) is 11.8 Å². The van der Waals surface area contributed by atoms with Crippen LogP contribution in [0.3, 0.4) is 0 Å². The van der Waals surface area contributed by atoms with Crippen molar-refractivity contribution in [1.29, 1.82) is 0 Å². The Labute approximate surface area is 210 Å². The lowest BCUT2D eigenvalue weighted by Crippen LogP contribution is -2.54. The van der Waals surface area contributed by atoms with Gasteiger partial charge in [0, 0.05) is 12.6 Å². The predicted octanol–water partition coefficient (Wildman–Crippen LogP) is 4.10. The van der Waals surface area contributed by atoms with Gasteiger partial charge < -0.3 is 25.4 Å². The van der Waals surface area contributed by atoms with Gasteiger partial charge >= 0.3 is 6.09 Å². The molecule has 0 radical (unpaired) electrons. The Kier molecular flexibility index (Phi) is 12.2. The number of carbonyl (C=O) groups is 3. The number of carbonyl (C=O) groups excluding carboxylic acids is 3. The number of nitrogens with one attached hydrogen (secondary N) is 2. The van der Waals surface area contributed by atoms with Crippen LogP contribution in [0.25, 0.3) is 0 Å². The van der Waals surface area contributed by atoms with Crippen molar-refractivity contribution in [3.63, 3.8) is 0 Å². The third-order valence-corrected chi connectivity index (χ3v) is 5.47. The number of nitrogens with zero attached hydrogens (tertiary/aromatic N) is 1.